The predicted octanol–water partition coefficient (Wildman–Crippen LogP) is 2.20. The van der Waals surface area contributed by atoms with Gasteiger partial charge in [-0.15, -0.1) is 0 Å². The maximum Gasteiger partial charge on any atom is 0.134 e. The molecule has 0 saturated heterocycles. The quantitative estimate of drug-likeness (QED) is 0.742. The number of aliphatic hydroxyl groups is 1. The molecule has 1 aromatic carbocycles. The van der Waals surface area contributed by atoms with Gasteiger partial charge in [0.25, 0.3) is 0 Å². The molecule has 0 heterocycles. The summed E-state index contributed by atoms with van der Waals surface area (Å²) in [5.41, 5.74) is 0. The molecule has 14 heavy (non-hydrogen) atoms. The molecule has 0 atom stereocenters. The van der Waals surface area contributed by atoms with Gasteiger partial charge < -0.3 is 14.9 Å². The van der Waals surface area contributed by atoms with Crippen LogP contribution in [0.25, 0.3) is 0 Å². The molecule has 78 valence electrons. The van der Waals surface area contributed by atoms with Crippen molar-refractivity contribution in [3.05, 3.63) is 23.2 Å². The number of phenolic OH excluding ortho intramolecular Hbond substituents is 1. The highest BCUT2D eigenvalue weighted by atomic mass is 35.5. The molecule has 0 unspecified atom stereocenters. The molecule has 1 rings (SSSR count). The van der Waals surface area contributed by atoms with Crippen molar-refractivity contribution >= 4 is 11.6 Å². The van der Waals surface area contributed by atoms with Crippen LogP contribution in [0.2, 0.25) is 5.02 Å². The Bertz CT molecular complexity index is 289. The fourth-order valence-corrected chi connectivity index (χ4v) is 1.15. The van der Waals surface area contributed by atoms with E-state index in [-0.39, 0.29) is 17.4 Å². The van der Waals surface area contributed by atoms with Crippen LogP contribution in [-0.2, 0) is 0 Å². The minimum atomic E-state index is 0.0503. The fraction of sp³-hybridized carbons (Fsp3) is 0.400. The van der Waals surface area contributed by atoms with Crippen LogP contribution in [0, 0.1) is 0 Å². The Morgan fingerprint density at radius 1 is 1.29 bits per heavy atom. The van der Waals surface area contributed by atoms with Crippen molar-refractivity contribution in [2.45, 2.75) is 12.8 Å². The highest BCUT2D eigenvalue weighted by Gasteiger charge is 2.00. The molecule has 0 fully saturated rings. The molecule has 3 nitrogen and oxygen atoms in total. The van der Waals surface area contributed by atoms with E-state index >= 15 is 0 Å². The first-order valence-electron chi connectivity index (χ1n) is 4.46. The standard InChI is InChI=1S/C10H13ClO3/c11-9-7-8(3-4-10(9)13)14-6-2-1-5-12/h3-4,7,12-13H,1-2,5-6H2. The third-order valence-corrected chi connectivity index (χ3v) is 2.04. The number of hydrogen-bond donors (Lipinski definition) is 2. The lowest BCUT2D eigenvalue weighted by Crippen LogP contribution is -1.98. The number of halogens is 1. The number of rotatable bonds is 5. The van der Waals surface area contributed by atoms with Crippen molar-refractivity contribution in [3.63, 3.8) is 0 Å². The lowest BCUT2D eigenvalue weighted by molar-refractivity contribution is 0.253. The fourth-order valence-electron chi connectivity index (χ4n) is 0.981. The van der Waals surface area contributed by atoms with Gasteiger partial charge in [-0.2, -0.15) is 0 Å². The van der Waals surface area contributed by atoms with Crippen molar-refractivity contribution in [3.8, 4) is 11.5 Å². The molecule has 0 aliphatic heterocycles. The van der Waals surface area contributed by atoms with Crippen molar-refractivity contribution in [1.82, 2.24) is 0 Å². The third kappa shape index (κ3) is 3.44. The SMILES string of the molecule is OCCCCOc1ccc(O)c(Cl)c1. The smallest absolute Gasteiger partial charge is 0.134 e. The number of benzene rings is 1. The van der Waals surface area contributed by atoms with Crippen LogP contribution in [0.15, 0.2) is 18.2 Å². The number of aliphatic hydroxyl groups excluding tert-OH is 1. The first-order valence-corrected chi connectivity index (χ1v) is 4.84. The number of aromatic hydroxyl groups is 1. The molecule has 0 radical (unpaired) electrons. The Morgan fingerprint density at radius 2 is 2.07 bits per heavy atom. The first-order chi connectivity index (χ1) is 6.74. The van der Waals surface area contributed by atoms with Crippen LogP contribution in [0.3, 0.4) is 0 Å². The summed E-state index contributed by atoms with van der Waals surface area (Å²) in [4.78, 5) is 0. The summed E-state index contributed by atoms with van der Waals surface area (Å²) in [5, 5.41) is 17.9. The number of ether oxygens (including phenoxy) is 1. The van der Waals surface area contributed by atoms with Crippen LogP contribution < -0.4 is 4.74 Å². The summed E-state index contributed by atoms with van der Waals surface area (Å²) in [7, 11) is 0. The number of phenols is 1. The van der Waals surface area contributed by atoms with Gasteiger partial charge in [0.2, 0.25) is 0 Å². The minimum Gasteiger partial charge on any atom is -0.506 e. The van der Waals surface area contributed by atoms with Gasteiger partial charge in [-0.1, -0.05) is 11.6 Å². The second kappa shape index (κ2) is 5.73. The summed E-state index contributed by atoms with van der Waals surface area (Å²) in [6, 6.07) is 4.71. The van der Waals surface area contributed by atoms with E-state index in [4.69, 9.17) is 26.6 Å². The molecule has 2 N–H and O–H groups in total. The van der Waals surface area contributed by atoms with Crippen LogP contribution >= 0.6 is 11.6 Å². The molecule has 0 aliphatic rings. The van der Waals surface area contributed by atoms with E-state index in [1.807, 2.05) is 0 Å². The second-order valence-corrected chi connectivity index (χ2v) is 3.30. The average Bonchev–Trinajstić information content (AvgIpc) is 2.18. The summed E-state index contributed by atoms with van der Waals surface area (Å²) in [6.07, 6.45) is 1.53. The van der Waals surface area contributed by atoms with Gasteiger partial charge in [0.05, 0.1) is 11.6 Å². The van der Waals surface area contributed by atoms with Crippen LogP contribution in [0.5, 0.6) is 11.5 Å². The first kappa shape index (κ1) is 11.1. The molecule has 0 spiro atoms. The maximum absolute atomic E-state index is 9.13. The van der Waals surface area contributed by atoms with Gasteiger partial charge in [-0.3, -0.25) is 0 Å². The Morgan fingerprint density at radius 3 is 2.71 bits per heavy atom. The van der Waals surface area contributed by atoms with Crippen molar-refractivity contribution in [1.29, 1.82) is 0 Å². The topological polar surface area (TPSA) is 49.7 Å². The Balaban J connectivity index is 2.39. The van der Waals surface area contributed by atoms with Crippen LogP contribution in [0.4, 0.5) is 0 Å². The molecule has 0 amide bonds. The van der Waals surface area contributed by atoms with E-state index in [2.05, 4.69) is 0 Å². The van der Waals surface area contributed by atoms with Gasteiger partial charge in [-0.05, 0) is 25.0 Å². The van der Waals surface area contributed by atoms with Crippen molar-refractivity contribution < 1.29 is 14.9 Å². The average molecular weight is 217 g/mol. The highest BCUT2D eigenvalue weighted by Crippen LogP contribution is 2.27. The summed E-state index contributed by atoms with van der Waals surface area (Å²) in [5.74, 6) is 0.681. The third-order valence-electron chi connectivity index (χ3n) is 1.74. The van der Waals surface area contributed by atoms with E-state index in [0.29, 0.717) is 12.4 Å². The summed E-state index contributed by atoms with van der Waals surface area (Å²) in [6.45, 7) is 0.724. The molecule has 0 bridgehead atoms. The molecule has 0 aliphatic carbocycles. The lowest BCUT2D eigenvalue weighted by Gasteiger charge is -2.06. The second-order valence-electron chi connectivity index (χ2n) is 2.89. The zero-order valence-electron chi connectivity index (χ0n) is 7.74. The van der Waals surface area contributed by atoms with E-state index in [1.54, 1.807) is 12.1 Å². The van der Waals surface area contributed by atoms with Gasteiger partial charge in [-0.25, -0.2) is 0 Å². The van der Waals surface area contributed by atoms with Crippen molar-refractivity contribution in [2.24, 2.45) is 0 Å². The molecule has 0 aromatic heterocycles. The van der Waals surface area contributed by atoms with Crippen molar-refractivity contribution in [2.75, 3.05) is 13.2 Å². The molecule has 0 saturated carbocycles. The lowest BCUT2D eigenvalue weighted by atomic mass is 10.3. The Hall–Kier alpha value is -0.930. The highest BCUT2D eigenvalue weighted by molar-refractivity contribution is 6.32. The zero-order chi connectivity index (χ0) is 10.4. The monoisotopic (exact) mass is 216 g/mol. The van der Waals surface area contributed by atoms with E-state index in [1.165, 1.54) is 6.07 Å². The maximum atomic E-state index is 9.13. The normalized spacial score (nSPS) is 10.1. The number of unbranched alkanes of at least 4 members (excludes halogenated alkanes) is 1. The molecule has 1 aromatic rings. The van der Waals surface area contributed by atoms with E-state index in [0.717, 1.165) is 12.8 Å². The predicted molar refractivity (Wildman–Crippen MR) is 54.9 cm³/mol. The molecule has 4 heteroatoms. The van der Waals surface area contributed by atoms with Gasteiger partial charge in [0, 0.05) is 12.7 Å². The zero-order valence-corrected chi connectivity index (χ0v) is 8.50. The molecular weight excluding hydrogens is 204 g/mol. The Kier molecular flexibility index (Phi) is 4.56. The summed E-state index contributed by atoms with van der Waals surface area (Å²) >= 11 is 5.68. The van der Waals surface area contributed by atoms with Crippen LogP contribution in [0.1, 0.15) is 12.8 Å². The minimum absolute atomic E-state index is 0.0503. The van der Waals surface area contributed by atoms with Gasteiger partial charge >= 0.3 is 0 Å². The van der Waals surface area contributed by atoms with Gasteiger partial charge in [0.1, 0.15) is 11.5 Å². The van der Waals surface area contributed by atoms with Gasteiger partial charge in [0.15, 0.2) is 0 Å². The largest absolute Gasteiger partial charge is 0.506 e. The molecular formula is C10H13ClO3. The van der Waals surface area contributed by atoms with E-state index in [9.17, 15) is 0 Å². The summed E-state index contributed by atoms with van der Waals surface area (Å²) < 4.78 is 5.34. The van der Waals surface area contributed by atoms with E-state index < -0.39 is 0 Å². The van der Waals surface area contributed by atoms with Crippen LogP contribution in [-0.4, -0.2) is 23.4 Å². The Labute approximate surface area is 87.9 Å². The number of hydrogen-bond acceptors (Lipinski definition) is 3.